The summed E-state index contributed by atoms with van der Waals surface area (Å²) in [6.07, 6.45) is 1.61. The number of sulfonamides is 1. The molecule has 18 heavy (non-hydrogen) atoms. The van der Waals surface area contributed by atoms with Crippen LogP contribution in [-0.4, -0.2) is 20.2 Å². The molecule has 0 aliphatic carbocycles. The molecular weight excluding hydrogens is 248 g/mol. The van der Waals surface area contributed by atoms with Crippen molar-refractivity contribution >= 4 is 15.7 Å². The van der Waals surface area contributed by atoms with Crippen LogP contribution in [-0.2, 0) is 10.0 Å². The van der Waals surface area contributed by atoms with Crippen molar-refractivity contribution in [2.45, 2.75) is 38.0 Å². The molecule has 0 fully saturated rings. The van der Waals surface area contributed by atoms with Crippen LogP contribution in [0.2, 0.25) is 0 Å². The Balaban J connectivity index is 2.54. The molecule has 0 aromatic heterocycles. The number of rotatable bonds is 2. The molecule has 1 aromatic rings. The van der Waals surface area contributed by atoms with E-state index >= 15 is 0 Å². The smallest absolute Gasteiger partial charge is 0.237 e. The molecule has 0 amide bonds. The van der Waals surface area contributed by atoms with Gasteiger partial charge < -0.3 is 5.73 Å². The van der Waals surface area contributed by atoms with E-state index in [1.54, 1.807) is 13.8 Å². The third-order valence-corrected chi connectivity index (χ3v) is 5.57. The van der Waals surface area contributed by atoms with Gasteiger partial charge in [0.05, 0.1) is 10.9 Å². The Kier molecular flexibility index (Phi) is 3.64. The summed E-state index contributed by atoms with van der Waals surface area (Å²) in [5, 5.41) is -0.417. The van der Waals surface area contributed by atoms with Gasteiger partial charge in [-0.15, -0.1) is 0 Å². The normalized spacial score (nSPS) is 20.7. The Morgan fingerprint density at radius 3 is 2.67 bits per heavy atom. The lowest BCUT2D eigenvalue weighted by Gasteiger charge is -2.26. The first-order valence-corrected chi connectivity index (χ1v) is 7.81. The van der Waals surface area contributed by atoms with Crippen molar-refractivity contribution < 1.29 is 8.42 Å². The highest BCUT2D eigenvalue weighted by Crippen LogP contribution is 2.33. The number of hydrogen-bond acceptors (Lipinski definition) is 3. The fraction of sp³-hybridized carbons (Fsp3) is 0.538. The van der Waals surface area contributed by atoms with E-state index in [2.05, 4.69) is 0 Å². The first-order valence-electron chi connectivity index (χ1n) is 6.30. The summed E-state index contributed by atoms with van der Waals surface area (Å²) in [6, 6.07) is 7.46. The highest BCUT2D eigenvalue weighted by atomic mass is 32.2. The Morgan fingerprint density at radius 2 is 2.00 bits per heavy atom. The second kappa shape index (κ2) is 4.90. The van der Waals surface area contributed by atoms with Gasteiger partial charge in [0.15, 0.2) is 0 Å². The van der Waals surface area contributed by atoms with E-state index in [-0.39, 0.29) is 6.04 Å². The maximum absolute atomic E-state index is 12.4. The molecule has 1 aliphatic heterocycles. The third-order valence-electron chi connectivity index (χ3n) is 3.38. The molecule has 0 bridgehead atoms. The van der Waals surface area contributed by atoms with Crippen molar-refractivity contribution in [3.05, 3.63) is 29.8 Å². The minimum Gasteiger partial charge on any atom is -0.324 e. The Morgan fingerprint density at radius 1 is 1.33 bits per heavy atom. The molecule has 100 valence electrons. The lowest BCUT2D eigenvalue weighted by Crippen LogP contribution is -2.37. The van der Waals surface area contributed by atoms with E-state index in [4.69, 9.17) is 5.73 Å². The van der Waals surface area contributed by atoms with Crippen LogP contribution in [0.3, 0.4) is 0 Å². The topological polar surface area (TPSA) is 63.4 Å². The average molecular weight is 268 g/mol. The van der Waals surface area contributed by atoms with Gasteiger partial charge in [-0.3, -0.25) is 4.31 Å². The van der Waals surface area contributed by atoms with Crippen LogP contribution in [0.5, 0.6) is 0 Å². The lowest BCUT2D eigenvalue weighted by molar-refractivity contribution is 0.578. The summed E-state index contributed by atoms with van der Waals surface area (Å²) in [6.45, 7) is 3.94. The summed E-state index contributed by atoms with van der Waals surface area (Å²) in [4.78, 5) is 0. The van der Waals surface area contributed by atoms with Gasteiger partial charge in [0.25, 0.3) is 0 Å². The fourth-order valence-corrected chi connectivity index (χ4v) is 3.61. The second-order valence-corrected chi connectivity index (χ2v) is 7.39. The van der Waals surface area contributed by atoms with Gasteiger partial charge in [-0.2, -0.15) is 0 Å². The van der Waals surface area contributed by atoms with E-state index in [1.165, 1.54) is 4.31 Å². The molecule has 1 aromatic carbocycles. The summed E-state index contributed by atoms with van der Waals surface area (Å²) in [5.74, 6) is 0. The van der Waals surface area contributed by atoms with Crippen LogP contribution in [0.1, 0.15) is 38.3 Å². The van der Waals surface area contributed by atoms with Gasteiger partial charge in [-0.1, -0.05) is 18.2 Å². The molecule has 2 rings (SSSR count). The van der Waals surface area contributed by atoms with Crippen molar-refractivity contribution in [1.29, 1.82) is 0 Å². The Labute approximate surface area is 109 Å². The standard InChI is InChI=1S/C13H20N2O2S/c1-10(2)18(16,17)15-9-5-7-12(14)11-6-3-4-8-13(11)15/h3-4,6,8,10,12H,5,7,9,14H2,1-2H3. The lowest BCUT2D eigenvalue weighted by atomic mass is 10.0. The number of nitrogens with zero attached hydrogens (tertiary/aromatic N) is 1. The SMILES string of the molecule is CC(C)S(=O)(=O)N1CCCC(N)c2ccccc21. The Hall–Kier alpha value is -1.07. The summed E-state index contributed by atoms with van der Waals surface area (Å²) >= 11 is 0. The molecular formula is C13H20N2O2S. The molecule has 5 heteroatoms. The van der Waals surface area contributed by atoms with E-state index < -0.39 is 15.3 Å². The number of para-hydroxylation sites is 1. The van der Waals surface area contributed by atoms with Gasteiger partial charge in [0.1, 0.15) is 0 Å². The van der Waals surface area contributed by atoms with Crippen LogP contribution in [0, 0.1) is 0 Å². The van der Waals surface area contributed by atoms with Gasteiger partial charge in [-0.05, 0) is 38.3 Å². The maximum atomic E-state index is 12.4. The summed E-state index contributed by atoms with van der Waals surface area (Å²) in [7, 11) is -3.28. The summed E-state index contributed by atoms with van der Waals surface area (Å²) in [5.41, 5.74) is 7.78. The van der Waals surface area contributed by atoms with Gasteiger partial charge in [0.2, 0.25) is 10.0 Å². The van der Waals surface area contributed by atoms with E-state index in [9.17, 15) is 8.42 Å². The van der Waals surface area contributed by atoms with Crippen molar-refractivity contribution in [1.82, 2.24) is 0 Å². The predicted octanol–water partition coefficient (Wildman–Crippen LogP) is 2.02. The zero-order chi connectivity index (χ0) is 13.3. The van der Waals surface area contributed by atoms with E-state index in [0.29, 0.717) is 6.54 Å². The number of hydrogen-bond donors (Lipinski definition) is 1. The minimum absolute atomic E-state index is 0.0754. The van der Waals surface area contributed by atoms with Gasteiger partial charge in [-0.25, -0.2) is 8.42 Å². The zero-order valence-corrected chi connectivity index (χ0v) is 11.7. The van der Waals surface area contributed by atoms with Crippen molar-refractivity contribution in [3.63, 3.8) is 0 Å². The second-order valence-electron chi connectivity index (χ2n) is 4.97. The summed E-state index contributed by atoms with van der Waals surface area (Å²) < 4.78 is 26.3. The molecule has 0 spiro atoms. The molecule has 1 heterocycles. The van der Waals surface area contributed by atoms with Crippen molar-refractivity contribution in [2.24, 2.45) is 5.73 Å². The average Bonchev–Trinajstić information content (AvgIpc) is 2.49. The predicted molar refractivity (Wildman–Crippen MR) is 74.0 cm³/mol. The van der Waals surface area contributed by atoms with E-state index in [1.807, 2.05) is 24.3 Å². The number of nitrogens with two attached hydrogens (primary N) is 1. The highest BCUT2D eigenvalue weighted by molar-refractivity contribution is 7.93. The van der Waals surface area contributed by atoms with Crippen LogP contribution in [0.4, 0.5) is 5.69 Å². The first kappa shape index (κ1) is 13.4. The molecule has 0 radical (unpaired) electrons. The molecule has 1 atom stereocenters. The molecule has 0 saturated carbocycles. The molecule has 2 N–H and O–H groups in total. The fourth-order valence-electron chi connectivity index (χ4n) is 2.28. The minimum atomic E-state index is -3.28. The van der Waals surface area contributed by atoms with Gasteiger partial charge >= 0.3 is 0 Å². The molecule has 1 aliphatic rings. The van der Waals surface area contributed by atoms with Crippen LogP contribution in [0.15, 0.2) is 24.3 Å². The van der Waals surface area contributed by atoms with Crippen LogP contribution in [0.25, 0.3) is 0 Å². The van der Waals surface area contributed by atoms with Crippen molar-refractivity contribution in [2.75, 3.05) is 10.8 Å². The number of benzene rings is 1. The Bertz CT molecular complexity index is 526. The highest BCUT2D eigenvalue weighted by Gasteiger charge is 2.30. The zero-order valence-electron chi connectivity index (χ0n) is 10.8. The van der Waals surface area contributed by atoms with Crippen molar-refractivity contribution in [3.8, 4) is 0 Å². The molecule has 1 unspecified atom stereocenters. The number of fused-ring (bicyclic) bond motifs is 1. The largest absolute Gasteiger partial charge is 0.324 e. The molecule has 0 saturated heterocycles. The van der Waals surface area contributed by atoms with Crippen LogP contribution >= 0.6 is 0 Å². The first-order chi connectivity index (χ1) is 8.44. The third kappa shape index (κ3) is 2.24. The van der Waals surface area contributed by atoms with Crippen LogP contribution < -0.4 is 10.0 Å². The van der Waals surface area contributed by atoms with Gasteiger partial charge in [0, 0.05) is 12.6 Å². The van der Waals surface area contributed by atoms with E-state index in [0.717, 1.165) is 24.1 Å². The number of anilines is 1. The quantitative estimate of drug-likeness (QED) is 0.892. The molecule has 4 nitrogen and oxygen atoms in total. The maximum Gasteiger partial charge on any atom is 0.237 e. The monoisotopic (exact) mass is 268 g/mol.